The Labute approximate surface area is 219 Å². The van der Waals surface area contributed by atoms with Gasteiger partial charge in [0.2, 0.25) is 0 Å². The Morgan fingerprint density at radius 3 is 2.17 bits per heavy atom. The molecule has 1 aliphatic heterocycles. The van der Waals surface area contributed by atoms with Gasteiger partial charge in [-0.3, -0.25) is 4.90 Å². The number of rotatable bonds is 9. The zero-order valence-corrected chi connectivity index (χ0v) is 21.4. The van der Waals surface area contributed by atoms with Crippen molar-refractivity contribution < 1.29 is 24.5 Å². The van der Waals surface area contributed by atoms with Gasteiger partial charge in [-0.25, -0.2) is 14.6 Å². The number of hydrogen-bond donors (Lipinski definition) is 2. The van der Waals surface area contributed by atoms with Crippen LogP contribution in [0.1, 0.15) is 30.1 Å². The largest absolute Gasteiger partial charge is 0.473 e. The highest BCUT2D eigenvalue weighted by molar-refractivity contribution is 7.13. The molecule has 0 radical (unpaired) electrons. The van der Waals surface area contributed by atoms with Crippen molar-refractivity contribution in [2.75, 3.05) is 44.2 Å². The number of unbranched alkanes of at least 4 members (excludes halogenated alkanes) is 1. The first-order valence-electron chi connectivity index (χ1n) is 11.7. The van der Waals surface area contributed by atoms with Crippen molar-refractivity contribution >= 4 is 40.0 Å². The van der Waals surface area contributed by atoms with E-state index in [1.165, 1.54) is 5.56 Å². The lowest BCUT2D eigenvalue weighted by Crippen LogP contribution is -2.46. The fraction of sp³-hybridized carbons (Fsp3) is 0.346. The van der Waals surface area contributed by atoms with Gasteiger partial charge in [0.25, 0.3) is 0 Å². The highest BCUT2D eigenvalue weighted by atomic mass is 35.5. The van der Waals surface area contributed by atoms with Gasteiger partial charge < -0.3 is 19.8 Å². The molecule has 0 spiro atoms. The van der Waals surface area contributed by atoms with Crippen molar-refractivity contribution in [3.63, 3.8) is 0 Å². The molecule has 2 heterocycles. The lowest BCUT2D eigenvalue weighted by Gasteiger charge is -2.34. The molecule has 1 aliphatic rings. The zero-order valence-electron chi connectivity index (χ0n) is 19.8. The van der Waals surface area contributed by atoms with E-state index >= 15 is 0 Å². The number of ether oxygens (including phenoxy) is 1. The van der Waals surface area contributed by atoms with Gasteiger partial charge >= 0.3 is 11.9 Å². The normalized spacial score (nSPS) is 14.5. The van der Waals surface area contributed by atoms with Gasteiger partial charge in [0, 0.05) is 49.4 Å². The molecular weight excluding hydrogens is 502 g/mol. The molecule has 192 valence electrons. The van der Waals surface area contributed by atoms with Gasteiger partial charge in [-0.2, -0.15) is 0 Å². The van der Waals surface area contributed by atoms with Gasteiger partial charge in [0.15, 0.2) is 5.13 Å². The third-order valence-electron chi connectivity index (χ3n) is 5.67. The molecule has 0 amide bonds. The molecular formula is C26H30ClN3O5S. The summed E-state index contributed by atoms with van der Waals surface area (Å²) in [4.78, 5) is 27.6. The number of thiazole rings is 1. The maximum atomic E-state index is 9.10. The van der Waals surface area contributed by atoms with Gasteiger partial charge in [-0.15, -0.1) is 11.3 Å². The van der Waals surface area contributed by atoms with E-state index in [0.29, 0.717) is 0 Å². The third-order valence-corrected chi connectivity index (χ3v) is 6.76. The Kier molecular flexibility index (Phi) is 11.2. The molecule has 1 atom stereocenters. The summed E-state index contributed by atoms with van der Waals surface area (Å²) in [7, 11) is 0. The lowest BCUT2D eigenvalue weighted by molar-refractivity contribution is -0.159. The molecule has 2 N–H and O–H groups in total. The van der Waals surface area contributed by atoms with Gasteiger partial charge in [0.1, 0.15) is 6.10 Å². The minimum absolute atomic E-state index is 0.0506. The van der Waals surface area contributed by atoms with Crippen LogP contribution in [0.5, 0.6) is 0 Å². The monoisotopic (exact) mass is 531 g/mol. The average Bonchev–Trinajstić information content (AvgIpc) is 3.43. The van der Waals surface area contributed by atoms with Crippen LogP contribution >= 0.6 is 22.9 Å². The molecule has 3 aromatic rings. The number of piperazine rings is 1. The van der Waals surface area contributed by atoms with Crippen LogP contribution in [0.25, 0.3) is 0 Å². The van der Waals surface area contributed by atoms with Crippen LogP contribution in [-0.4, -0.2) is 71.4 Å². The number of nitrogens with zero attached hydrogens (tertiary/aromatic N) is 3. The molecule has 1 saturated heterocycles. The maximum absolute atomic E-state index is 9.10. The highest BCUT2D eigenvalue weighted by Crippen LogP contribution is 2.27. The van der Waals surface area contributed by atoms with E-state index in [4.69, 9.17) is 36.1 Å². The van der Waals surface area contributed by atoms with Gasteiger partial charge in [0.05, 0.1) is 0 Å². The maximum Gasteiger partial charge on any atom is 0.414 e. The van der Waals surface area contributed by atoms with Crippen molar-refractivity contribution in [2.24, 2.45) is 0 Å². The Bertz CT molecular complexity index is 1050. The Hall–Kier alpha value is -2.98. The zero-order chi connectivity index (χ0) is 25.8. The Morgan fingerprint density at radius 2 is 1.58 bits per heavy atom. The summed E-state index contributed by atoms with van der Waals surface area (Å²) in [6.45, 7) is 6.23. The van der Waals surface area contributed by atoms with Crippen molar-refractivity contribution in [3.05, 3.63) is 82.3 Å². The minimum atomic E-state index is -1.82. The number of aromatic nitrogens is 1. The molecule has 0 aliphatic carbocycles. The van der Waals surface area contributed by atoms with E-state index in [-0.39, 0.29) is 6.10 Å². The molecule has 1 unspecified atom stereocenters. The van der Waals surface area contributed by atoms with Crippen LogP contribution in [-0.2, 0) is 14.3 Å². The predicted molar refractivity (Wildman–Crippen MR) is 141 cm³/mol. The van der Waals surface area contributed by atoms with Crippen LogP contribution in [0.4, 0.5) is 5.13 Å². The Balaban J connectivity index is 0.000000538. The Morgan fingerprint density at radius 1 is 0.944 bits per heavy atom. The molecule has 0 saturated carbocycles. The van der Waals surface area contributed by atoms with Crippen LogP contribution in [0, 0.1) is 0 Å². The molecule has 10 heteroatoms. The second-order valence-corrected chi connectivity index (χ2v) is 9.48. The summed E-state index contributed by atoms with van der Waals surface area (Å²) in [5.41, 5.74) is 2.32. The summed E-state index contributed by atoms with van der Waals surface area (Å²) < 4.78 is 6.33. The molecule has 1 fully saturated rings. The van der Waals surface area contributed by atoms with E-state index in [9.17, 15) is 0 Å². The molecule has 1 aromatic heterocycles. The van der Waals surface area contributed by atoms with Crippen LogP contribution in [0.3, 0.4) is 0 Å². The summed E-state index contributed by atoms with van der Waals surface area (Å²) >= 11 is 7.80. The number of hydrogen-bond acceptors (Lipinski definition) is 7. The molecule has 2 aromatic carbocycles. The first-order valence-corrected chi connectivity index (χ1v) is 12.9. The van der Waals surface area contributed by atoms with E-state index in [0.717, 1.165) is 67.9 Å². The topological polar surface area (TPSA) is 103 Å². The lowest BCUT2D eigenvalue weighted by atomic mass is 10.0. The average molecular weight is 532 g/mol. The van der Waals surface area contributed by atoms with Crippen molar-refractivity contribution in [1.82, 2.24) is 9.88 Å². The summed E-state index contributed by atoms with van der Waals surface area (Å²) in [6.07, 6.45) is 4.05. The van der Waals surface area contributed by atoms with Crippen LogP contribution < -0.4 is 4.90 Å². The van der Waals surface area contributed by atoms with Gasteiger partial charge in [-0.1, -0.05) is 54.1 Å². The molecule has 4 rings (SSSR count). The highest BCUT2D eigenvalue weighted by Gasteiger charge is 2.18. The van der Waals surface area contributed by atoms with Crippen molar-refractivity contribution in [3.8, 4) is 0 Å². The fourth-order valence-electron chi connectivity index (χ4n) is 3.82. The quantitative estimate of drug-likeness (QED) is 0.303. The molecule has 0 bridgehead atoms. The number of carboxylic acids is 2. The predicted octanol–water partition coefficient (Wildman–Crippen LogP) is 4.66. The number of anilines is 1. The molecule has 8 nitrogen and oxygen atoms in total. The summed E-state index contributed by atoms with van der Waals surface area (Å²) in [5.74, 6) is -3.65. The second kappa shape index (κ2) is 14.5. The van der Waals surface area contributed by atoms with Crippen molar-refractivity contribution in [2.45, 2.75) is 18.9 Å². The SMILES string of the molecule is Clc1ccc(C(OCCCCN2CCN(c3nccs3)CC2)c2ccccc2)cc1.O=C(O)C(=O)O. The first kappa shape index (κ1) is 27.6. The van der Waals surface area contributed by atoms with Crippen LogP contribution in [0.15, 0.2) is 66.2 Å². The third kappa shape index (κ3) is 8.91. The van der Waals surface area contributed by atoms with Crippen LogP contribution in [0.2, 0.25) is 5.02 Å². The number of carboxylic acid groups (broad SMARTS) is 2. The first-order chi connectivity index (χ1) is 17.4. The fourth-order valence-corrected chi connectivity index (χ4v) is 4.65. The number of benzene rings is 2. The summed E-state index contributed by atoms with van der Waals surface area (Å²) in [6, 6.07) is 18.4. The van der Waals surface area contributed by atoms with Crippen molar-refractivity contribution in [1.29, 1.82) is 0 Å². The standard InChI is InChI=1S/C24H28ClN3OS.C2H2O4/c25-22-10-8-21(9-11-22)23(20-6-2-1-3-7-20)29-18-5-4-13-27-14-16-28(17-15-27)24-26-12-19-30-24;3-1(4)2(5)6/h1-3,6-12,19,23H,4-5,13-18H2;(H,3,4)(H,5,6). The number of halogens is 1. The second-order valence-electron chi connectivity index (χ2n) is 8.17. The molecule has 36 heavy (non-hydrogen) atoms. The summed E-state index contributed by atoms with van der Waals surface area (Å²) in [5, 5.41) is 18.7. The van der Waals surface area contributed by atoms with E-state index in [2.05, 4.69) is 56.6 Å². The van der Waals surface area contributed by atoms with E-state index in [1.54, 1.807) is 11.3 Å². The van der Waals surface area contributed by atoms with E-state index in [1.807, 2.05) is 24.4 Å². The number of aliphatic carboxylic acids is 2. The smallest absolute Gasteiger partial charge is 0.414 e. The number of carbonyl (C=O) groups is 2. The van der Waals surface area contributed by atoms with E-state index < -0.39 is 11.9 Å². The van der Waals surface area contributed by atoms with Gasteiger partial charge in [-0.05, 0) is 42.6 Å². The minimum Gasteiger partial charge on any atom is -0.473 e.